The highest BCUT2D eigenvalue weighted by Gasteiger charge is 2.23. The third kappa shape index (κ3) is 4.33. The smallest absolute Gasteiger partial charge is 0.328 e. The first-order chi connectivity index (χ1) is 11.0. The van der Waals surface area contributed by atoms with Crippen molar-refractivity contribution in [2.45, 2.75) is 19.4 Å². The number of aryl methyl sites for hydroxylation is 1. The lowest BCUT2D eigenvalue weighted by molar-refractivity contribution is -0.142. The van der Waals surface area contributed by atoms with Crippen molar-refractivity contribution >= 4 is 23.5 Å². The molecule has 1 atom stereocenters. The highest BCUT2D eigenvalue weighted by atomic mass is 35.5. The number of amides is 1. The second kappa shape index (κ2) is 7.79. The number of benzene rings is 2. The van der Waals surface area contributed by atoms with E-state index in [0.29, 0.717) is 17.0 Å². The number of ether oxygens (including phenoxy) is 1. The maximum absolute atomic E-state index is 12.4. The highest BCUT2D eigenvalue weighted by Crippen LogP contribution is 2.16. The molecule has 0 saturated heterocycles. The Balaban J connectivity index is 2.20. The predicted octanol–water partition coefficient (Wildman–Crippen LogP) is 3.16. The van der Waals surface area contributed by atoms with Gasteiger partial charge in [-0.05, 0) is 30.2 Å². The molecular formula is C18H18ClNO3. The van der Waals surface area contributed by atoms with Crippen molar-refractivity contribution in [2.24, 2.45) is 0 Å². The predicted molar refractivity (Wildman–Crippen MR) is 89.6 cm³/mol. The Bertz CT molecular complexity index is 715. The summed E-state index contributed by atoms with van der Waals surface area (Å²) in [6, 6.07) is 13.6. The van der Waals surface area contributed by atoms with Gasteiger partial charge < -0.3 is 10.1 Å². The Morgan fingerprint density at radius 3 is 2.43 bits per heavy atom. The third-order valence-electron chi connectivity index (χ3n) is 3.59. The molecule has 0 aliphatic rings. The molecule has 0 spiro atoms. The molecule has 0 unspecified atom stereocenters. The number of carbonyl (C=O) groups is 2. The SMILES string of the molecule is COC(=O)[C@H](Cc1ccccc1C)NC(=O)c1ccccc1Cl. The molecule has 0 heterocycles. The van der Waals surface area contributed by atoms with Crippen LogP contribution in [0.4, 0.5) is 0 Å². The van der Waals surface area contributed by atoms with E-state index in [1.54, 1.807) is 24.3 Å². The number of nitrogens with one attached hydrogen (secondary N) is 1. The van der Waals surface area contributed by atoms with E-state index in [1.807, 2.05) is 31.2 Å². The van der Waals surface area contributed by atoms with Crippen LogP contribution in [0.25, 0.3) is 0 Å². The lowest BCUT2D eigenvalue weighted by atomic mass is 10.0. The second-order valence-electron chi connectivity index (χ2n) is 5.16. The van der Waals surface area contributed by atoms with E-state index in [2.05, 4.69) is 5.32 Å². The number of halogens is 1. The lowest BCUT2D eigenvalue weighted by Crippen LogP contribution is -2.43. The maximum atomic E-state index is 12.4. The van der Waals surface area contributed by atoms with Crippen molar-refractivity contribution < 1.29 is 14.3 Å². The van der Waals surface area contributed by atoms with Gasteiger partial charge in [-0.3, -0.25) is 4.79 Å². The van der Waals surface area contributed by atoms with E-state index in [-0.39, 0.29) is 0 Å². The standard InChI is InChI=1S/C18H18ClNO3/c1-12-7-3-4-8-13(12)11-16(18(22)23-2)20-17(21)14-9-5-6-10-15(14)19/h3-10,16H,11H2,1-2H3,(H,20,21)/t16-/m0/s1. The molecular weight excluding hydrogens is 314 g/mol. The molecule has 0 bridgehead atoms. The average molecular weight is 332 g/mol. The van der Waals surface area contributed by atoms with Gasteiger partial charge in [-0.25, -0.2) is 4.79 Å². The number of carbonyl (C=O) groups excluding carboxylic acids is 2. The van der Waals surface area contributed by atoms with Crippen LogP contribution in [-0.2, 0) is 16.0 Å². The van der Waals surface area contributed by atoms with E-state index in [0.717, 1.165) is 11.1 Å². The number of rotatable bonds is 5. The highest BCUT2D eigenvalue weighted by molar-refractivity contribution is 6.33. The van der Waals surface area contributed by atoms with Crippen LogP contribution in [0.5, 0.6) is 0 Å². The fraction of sp³-hybridized carbons (Fsp3) is 0.222. The van der Waals surface area contributed by atoms with Crippen LogP contribution in [0.15, 0.2) is 48.5 Å². The lowest BCUT2D eigenvalue weighted by Gasteiger charge is -2.18. The summed E-state index contributed by atoms with van der Waals surface area (Å²) >= 11 is 6.02. The van der Waals surface area contributed by atoms with Crippen LogP contribution >= 0.6 is 11.6 Å². The molecule has 5 heteroatoms. The van der Waals surface area contributed by atoms with Crippen molar-refractivity contribution in [1.29, 1.82) is 0 Å². The molecule has 0 aliphatic heterocycles. The Morgan fingerprint density at radius 2 is 1.78 bits per heavy atom. The number of hydrogen-bond donors (Lipinski definition) is 1. The Labute approximate surface area is 140 Å². The molecule has 4 nitrogen and oxygen atoms in total. The van der Waals surface area contributed by atoms with E-state index < -0.39 is 17.9 Å². The molecule has 1 N–H and O–H groups in total. The molecule has 0 radical (unpaired) electrons. The zero-order valence-corrected chi connectivity index (χ0v) is 13.8. The summed E-state index contributed by atoms with van der Waals surface area (Å²) in [5.41, 5.74) is 2.35. The molecule has 0 aliphatic carbocycles. The van der Waals surface area contributed by atoms with Gasteiger partial charge in [0.1, 0.15) is 6.04 Å². The van der Waals surface area contributed by atoms with Crippen LogP contribution in [0, 0.1) is 6.92 Å². The number of esters is 1. The van der Waals surface area contributed by atoms with Crippen molar-refractivity contribution in [3.8, 4) is 0 Å². The van der Waals surface area contributed by atoms with Crippen LogP contribution in [0.3, 0.4) is 0 Å². The summed E-state index contributed by atoms with van der Waals surface area (Å²) in [4.78, 5) is 24.4. The summed E-state index contributed by atoms with van der Waals surface area (Å²) in [7, 11) is 1.30. The quantitative estimate of drug-likeness (QED) is 0.856. The van der Waals surface area contributed by atoms with Gasteiger partial charge in [0, 0.05) is 6.42 Å². The molecule has 0 fully saturated rings. The zero-order chi connectivity index (χ0) is 16.8. The first-order valence-corrected chi connectivity index (χ1v) is 7.58. The minimum Gasteiger partial charge on any atom is -0.467 e. The van der Waals surface area contributed by atoms with E-state index >= 15 is 0 Å². The van der Waals surface area contributed by atoms with Crippen molar-refractivity contribution in [3.05, 3.63) is 70.2 Å². The van der Waals surface area contributed by atoms with Gasteiger partial charge in [-0.15, -0.1) is 0 Å². The molecule has 120 valence electrons. The molecule has 23 heavy (non-hydrogen) atoms. The Hall–Kier alpha value is -2.33. The average Bonchev–Trinajstić information content (AvgIpc) is 2.55. The van der Waals surface area contributed by atoms with Crippen molar-refractivity contribution in [3.63, 3.8) is 0 Å². The Kier molecular flexibility index (Phi) is 5.77. The summed E-state index contributed by atoms with van der Waals surface area (Å²) < 4.78 is 4.80. The molecule has 0 saturated carbocycles. The fourth-order valence-corrected chi connectivity index (χ4v) is 2.50. The van der Waals surface area contributed by atoms with Gasteiger partial charge in [-0.2, -0.15) is 0 Å². The van der Waals surface area contributed by atoms with Crippen LogP contribution in [0.2, 0.25) is 5.02 Å². The van der Waals surface area contributed by atoms with Crippen molar-refractivity contribution in [1.82, 2.24) is 5.32 Å². The zero-order valence-electron chi connectivity index (χ0n) is 13.0. The van der Waals surface area contributed by atoms with E-state index in [1.165, 1.54) is 7.11 Å². The van der Waals surface area contributed by atoms with E-state index in [9.17, 15) is 9.59 Å². The van der Waals surface area contributed by atoms with Crippen molar-refractivity contribution in [2.75, 3.05) is 7.11 Å². The monoisotopic (exact) mass is 331 g/mol. The van der Waals surface area contributed by atoms with Gasteiger partial charge in [-0.1, -0.05) is 48.0 Å². The molecule has 2 aromatic rings. The van der Waals surface area contributed by atoms with Gasteiger partial charge in [0.05, 0.1) is 17.7 Å². The van der Waals surface area contributed by atoms with Gasteiger partial charge in [0.15, 0.2) is 0 Å². The fourth-order valence-electron chi connectivity index (χ4n) is 2.28. The third-order valence-corrected chi connectivity index (χ3v) is 3.92. The first kappa shape index (κ1) is 17.0. The normalized spacial score (nSPS) is 11.6. The molecule has 2 aromatic carbocycles. The summed E-state index contributed by atoms with van der Waals surface area (Å²) in [6.45, 7) is 1.96. The first-order valence-electron chi connectivity index (χ1n) is 7.20. The molecule has 2 rings (SSSR count). The summed E-state index contributed by atoms with van der Waals surface area (Å²) in [5.74, 6) is -0.895. The largest absolute Gasteiger partial charge is 0.467 e. The molecule has 0 aromatic heterocycles. The number of methoxy groups -OCH3 is 1. The van der Waals surface area contributed by atoms with E-state index in [4.69, 9.17) is 16.3 Å². The van der Waals surface area contributed by atoms with Gasteiger partial charge in [0.2, 0.25) is 0 Å². The minimum absolute atomic E-state index is 0.327. The molecule has 1 amide bonds. The van der Waals surface area contributed by atoms with Crippen LogP contribution in [0.1, 0.15) is 21.5 Å². The van der Waals surface area contributed by atoms with Crippen LogP contribution in [-0.4, -0.2) is 25.0 Å². The Morgan fingerprint density at radius 1 is 1.13 bits per heavy atom. The van der Waals surface area contributed by atoms with Gasteiger partial charge >= 0.3 is 5.97 Å². The minimum atomic E-state index is -0.773. The maximum Gasteiger partial charge on any atom is 0.328 e. The summed E-state index contributed by atoms with van der Waals surface area (Å²) in [6.07, 6.45) is 0.357. The summed E-state index contributed by atoms with van der Waals surface area (Å²) in [5, 5.41) is 3.04. The van der Waals surface area contributed by atoms with Gasteiger partial charge in [0.25, 0.3) is 5.91 Å². The number of hydrogen-bond acceptors (Lipinski definition) is 3. The van der Waals surface area contributed by atoms with Crippen LogP contribution < -0.4 is 5.32 Å². The second-order valence-corrected chi connectivity index (χ2v) is 5.57. The topological polar surface area (TPSA) is 55.4 Å².